The monoisotopic (exact) mass is 360 g/mol. The second-order valence-corrected chi connectivity index (χ2v) is 6.07. The number of hydrogen-bond acceptors (Lipinski definition) is 4. The van der Waals surface area contributed by atoms with Crippen molar-refractivity contribution in [2.45, 2.75) is 31.7 Å². The van der Waals surface area contributed by atoms with Crippen molar-refractivity contribution in [3.05, 3.63) is 35.9 Å². The van der Waals surface area contributed by atoms with E-state index in [4.69, 9.17) is 14.6 Å². The topological polar surface area (TPSA) is 87.7 Å². The zero-order valence-corrected chi connectivity index (χ0v) is 13.3. The lowest BCUT2D eigenvalue weighted by atomic mass is 9.60. The van der Waals surface area contributed by atoms with Crippen LogP contribution in [0.2, 0.25) is 0 Å². The number of carboxylic acids is 1. The lowest BCUT2D eigenvalue weighted by Gasteiger charge is -2.56. The number of halogens is 3. The molecule has 138 valence electrons. The Morgan fingerprint density at radius 3 is 2.28 bits per heavy atom. The molecule has 2 aliphatic rings. The molecule has 1 heterocycles. The molecule has 2 fully saturated rings. The Kier molecular flexibility index (Phi) is 5.89. The Morgan fingerprint density at radius 1 is 1.28 bits per heavy atom. The lowest BCUT2D eigenvalue weighted by Crippen LogP contribution is -2.69. The molecule has 1 aromatic carbocycles. The average molecular weight is 360 g/mol. The van der Waals surface area contributed by atoms with Gasteiger partial charge in [-0.2, -0.15) is 13.2 Å². The van der Waals surface area contributed by atoms with Gasteiger partial charge < -0.3 is 20.5 Å². The molecule has 1 aromatic rings. The first kappa shape index (κ1) is 19.0. The van der Waals surface area contributed by atoms with Crippen LogP contribution in [0, 0.1) is 5.41 Å². The zero-order chi connectivity index (χ0) is 18.5. The van der Waals surface area contributed by atoms with Gasteiger partial charge in [-0.25, -0.2) is 9.59 Å². The Balaban J connectivity index is 0.000000277. The van der Waals surface area contributed by atoms with Gasteiger partial charge in [-0.15, -0.1) is 0 Å². The number of carboxylic acid groups (broad SMARTS) is 1. The summed E-state index contributed by atoms with van der Waals surface area (Å²) in [6.45, 7) is 2.39. The maximum Gasteiger partial charge on any atom is 0.490 e. The molecule has 1 amide bonds. The summed E-state index contributed by atoms with van der Waals surface area (Å²) in [6, 6.07) is 10.0. The van der Waals surface area contributed by atoms with E-state index in [0.717, 1.165) is 25.1 Å². The van der Waals surface area contributed by atoms with E-state index < -0.39 is 12.1 Å². The van der Waals surface area contributed by atoms with E-state index in [9.17, 15) is 18.0 Å². The fourth-order valence-corrected chi connectivity index (χ4v) is 2.70. The van der Waals surface area contributed by atoms with Crippen LogP contribution < -0.4 is 10.6 Å². The second-order valence-electron chi connectivity index (χ2n) is 6.07. The SMILES string of the molecule is O=C(NC1CCC12CNC2)OCc1ccccc1.O=C(O)C(F)(F)F. The van der Waals surface area contributed by atoms with Crippen LogP contribution in [-0.2, 0) is 16.1 Å². The van der Waals surface area contributed by atoms with Crippen molar-refractivity contribution in [3.8, 4) is 0 Å². The molecule has 9 heteroatoms. The fraction of sp³-hybridized carbons (Fsp3) is 0.500. The first-order chi connectivity index (χ1) is 11.7. The number of carbonyl (C=O) groups excluding carboxylic acids is 1. The normalized spacial score (nSPS) is 20.4. The minimum atomic E-state index is -5.08. The number of ether oxygens (including phenoxy) is 1. The highest BCUT2D eigenvalue weighted by molar-refractivity contribution is 5.73. The highest BCUT2D eigenvalue weighted by Gasteiger charge is 2.51. The molecule has 1 saturated carbocycles. The molecule has 1 aliphatic carbocycles. The summed E-state index contributed by atoms with van der Waals surface area (Å²) >= 11 is 0. The predicted molar refractivity (Wildman–Crippen MR) is 81.8 cm³/mol. The van der Waals surface area contributed by atoms with Gasteiger partial charge in [-0.05, 0) is 18.4 Å². The van der Waals surface area contributed by atoms with E-state index in [1.165, 1.54) is 6.42 Å². The van der Waals surface area contributed by atoms with Gasteiger partial charge in [0.15, 0.2) is 0 Å². The van der Waals surface area contributed by atoms with Gasteiger partial charge in [0.25, 0.3) is 0 Å². The van der Waals surface area contributed by atoms with Crippen molar-refractivity contribution in [2.24, 2.45) is 5.41 Å². The fourth-order valence-electron chi connectivity index (χ4n) is 2.70. The van der Waals surface area contributed by atoms with E-state index in [-0.39, 0.29) is 6.09 Å². The molecule has 0 aromatic heterocycles. The standard InChI is InChI=1S/C14H18N2O2.C2HF3O2/c17-13(18-8-11-4-2-1-3-5-11)16-12-6-7-14(12)9-15-10-14;3-2(4,5)1(6)7/h1-5,12,15H,6-10H2,(H,16,17);(H,6,7). The third-order valence-corrected chi connectivity index (χ3v) is 4.37. The largest absolute Gasteiger partial charge is 0.490 e. The number of carbonyl (C=O) groups is 2. The van der Waals surface area contributed by atoms with Gasteiger partial charge in [-0.1, -0.05) is 30.3 Å². The molecule has 1 aliphatic heterocycles. The molecule has 1 spiro atoms. The molecular weight excluding hydrogens is 341 g/mol. The Morgan fingerprint density at radius 2 is 1.88 bits per heavy atom. The van der Waals surface area contributed by atoms with Crippen LogP contribution in [0.15, 0.2) is 30.3 Å². The number of alkyl carbamates (subject to hydrolysis) is 1. The highest BCUT2D eigenvalue weighted by Crippen LogP contribution is 2.44. The van der Waals surface area contributed by atoms with E-state index in [1.807, 2.05) is 30.3 Å². The third kappa shape index (κ3) is 5.09. The number of aliphatic carboxylic acids is 1. The molecule has 6 nitrogen and oxygen atoms in total. The summed E-state index contributed by atoms with van der Waals surface area (Å²) in [7, 11) is 0. The quantitative estimate of drug-likeness (QED) is 0.770. The number of nitrogens with one attached hydrogen (secondary N) is 2. The number of hydrogen-bond donors (Lipinski definition) is 3. The summed E-state index contributed by atoms with van der Waals surface area (Å²) in [5.41, 5.74) is 1.34. The van der Waals surface area contributed by atoms with Crippen molar-refractivity contribution in [2.75, 3.05) is 13.1 Å². The summed E-state index contributed by atoms with van der Waals surface area (Å²) < 4.78 is 37.0. The van der Waals surface area contributed by atoms with Crippen molar-refractivity contribution >= 4 is 12.1 Å². The van der Waals surface area contributed by atoms with Gasteiger partial charge in [0, 0.05) is 24.5 Å². The van der Waals surface area contributed by atoms with E-state index >= 15 is 0 Å². The summed E-state index contributed by atoms with van der Waals surface area (Å²) in [4.78, 5) is 20.6. The van der Waals surface area contributed by atoms with Gasteiger partial charge in [0.05, 0.1) is 0 Å². The lowest BCUT2D eigenvalue weighted by molar-refractivity contribution is -0.192. The van der Waals surface area contributed by atoms with Gasteiger partial charge in [0.1, 0.15) is 6.61 Å². The molecular formula is C16H19F3N2O4. The molecule has 0 bridgehead atoms. The molecule has 1 saturated heterocycles. The highest BCUT2D eigenvalue weighted by atomic mass is 19.4. The number of alkyl halides is 3. The number of benzene rings is 1. The summed E-state index contributed by atoms with van der Waals surface area (Å²) in [5, 5.41) is 13.4. The molecule has 1 atom stereocenters. The number of amides is 1. The maximum absolute atomic E-state index is 11.7. The first-order valence-corrected chi connectivity index (χ1v) is 7.71. The van der Waals surface area contributed by atoms with Crippen LogP contribution in [-0.4, -0.2) is 42.5 Å². The Hall–Kier alpha value is -2.29. The van der Waals surface area contributed by atoms with Crippen LogP contribution in [0.5, 0.6) is 0 Å². The number of rotatable bonds is 3. The van der Waals surface area contributed by atoms with Crippen molar-refractivity contribution in [1.29, 1.82) is 0 Å². The van der Waals surface area contributed by atoms with Crippen LogP contribution >= 0.6 is 0 Å². The molecule has 3 rings (SSSR count). The first-order valence-electron chi connectivity index (χ1n) is 7.71. The van der Waals surface area contributed by atoms with Crippen LogP contribution in [0.4, 0.5) is 18.0 Å². The summed E-state index contributed by atoms with van der Waals surface area (Å²) in [5.74, 6) is -2.76. The van der Waals surface area contributed by atoms with Crippen molar-refractivity contribution in [1.82, 2.24) is 10.6 Å². The molecule has 25 heavy (non-hydrogen) atoms. The Bertz CT molecular complexity index is 598. The van der Waals surface area contributed by atoms with Gasteiger partial charge in [-0.3, -0.25) is 0 Å². The van der Waals surface area contributed by atoms with E-state index in [1.54, 1.807) is 0 Å². The third-order valence-electron chi connectivity index (χ3n) is 4.37. The zero-order valence-electron chi connectivity index (χ0n) is 13.3. The molecule has 1 unspecified atom stereocenters. The van der Waals surface area contributed by atoms with Crippen molar-refractivity contribution < 1.29 is 32.6 Å². The molecule has 0 radical (unpaired) electrons. The van der Waals surface area contributed by atoms with Crippen LogP contribution in [0.1, 0.15) is 18.4 Å². The van der Waals surface area contributed by atoms with E-state index in [0.29, 0.717) is 18.1 Å². The molecule has 3 N–H and O–H groups in total. The summed E-state index contributed by atoms with van der Waals surface area (Å²) in [6.07, 6.45) is -3.10. The predicted octanol–water partition coefficient (Wildman–Crippen LogP) is 2.30. The smallest absolute Gasteiger partial charge is 0.475 e. The van der Waals surface area contributed by atoms with Crippen LogP contribution in [0.3, 0.4) is 0 Å². The van der Waals surface area contributed by atoms with Gasteiger partial charge in [0.2, 0.25) is 0 Å². The minimum Gasteiger partial charge on any atom is -0.475 e. The second kappa shape index (κ2) is 7.73. The van der Waals surface area contributed by atoms with Crippen LogP contribution in [0.25, 0.3) is 0 Å². The van der Waals surface area contributed by atoms with Crippen molar-refractivity contribution in [3.63, 3.8) is 0 Å². The average Bonchev–Trinajstić information content (AvgIpc) is 2.49. The maximum atomic E-state index is 11.7. The minimum absolute atomic E-state index is 0.294. The van der Waals surface area contributed by atoms with Gasteiger partial charge >= 0.3 is 18.2 Å². The Labute approximate surface area is 142 Å². The van der Waals surface area contributed by atoms with E-state index in [2.05, 4.69) is 10.6 Å².